The van der Waals surface area contributed by atoms with Crippen LogP contribution in [0.15, 0.2) is 24.3 Å². The predicted molar refractivity (Wildman–Crippen MR) is 74.3 cm³/mol. The summed E-state index contributed by atoms with van der Waals surface area (Å²) in [6.45, 7) is 3.95. The number of aryl methyl sites for hydroxylation is 3. The molecule has 1 N–H and O–H groups in total. The first-order valence-electron chi connectivity index (χ1n) is 6.33. The van der Waals surface area contributed by atoms with Crippen LogP contribution in [-0.4, -0.2) is 22.0 Å². The van der Waals surface area contributed by atoms with Crippen LogP contribution in [0.25, 0.3) is 0 Å². The van der Waals surface area contributed by atoms with E-state index < -0.39 is 6.10 Å². The molecule has 1 unspecified atom stereocenters. The molecule has 1 heterocycles. The number of nitrogens with zero attached hydrogens (tertiary/aromatic N) is 2. The summed E-state index contributed by atoms with van der Waals surface area (Å²) in [7, 11) is 3.49. The molecule has 0 saturated carbocycles. The van der Waals surface area contributed by atoms with Crippen molar-refractivity contribution in [1.29, 1.82) is 0 Å². The van der Waals surface area contributed by atoms with Gasteiger partial charge in [0.1, 0.15) is 5.75 Å². The van der Waals surface area contributed by atoms with Crippen LogP contribution in [0.3, 0.4) is 0 Å². The Morgan fingerprint density at radius 2 is 2.05 bits per heavy atom. The van der Waals surface area contributed by atoms with Crippen molar-refractivity contribution >= 4 is 0 Å². The summed E-state index contributed by atoms with van der Waals surface area (Å²) < 4.78 is 7.06. The van der Waals surface area contributed by atoms with E-state index >= 15 is 0 Å². The summed E-state index contributed by atoms with van der Waals surface area (Å²) in [6.07, 6.45) is -0.0639. The Labute approximate surface area is 113 Å². The molecule has 4 heteroatoms. The Bertz CT molecular complexity index is 576. The summed E-state index contributed by atoms with van der Waals surface area (Å²) in [5.74, 6) is 0.809. The lowest BCUT2D eigenvalue weighted by Crippen LogP contribution is -2.08. The van der Waals surface area contributed by atoms with Crippen LogP contribution in [0, 0.1) is 13.8 Å². The minimum absolute atomic E-state index is 0.518. The van der Waals surface area contributed by atoms with E-state index in [0.29, 0.717) is 6.42 Å². The molecule has 0 saturated heterocycles. The maximum Gasteiger partial charge on any atom is 0.122 e. The smallest absolute Gasteiger partial charge is 0.122 e. The van der Waals surface area contributed by atoms with Gasteiger partial charge in [-0.15, -0.1) is 0 Å². The third-order valence-electron chi connectivity index (χ3n) is 3.23. The maximum atomic E-state index is 10.4. The fraction of sp³-hybridized carbons (Fsp3) is 0.400. The molecule has 0 radical (unpaired) electrons. The average Bonchev–Trinajstić information content (AvgIpc) is 2.69. The second-order valence-electron chi connectivity index (χ2n) is 4.87. The number of aliphatic hydroxyl groups excluding tert-OH is 1. The third-order valence-corrected chi connectivity index (χ3v) is 3.23. The topological polar surface area (TPSA) is 47.3 Å². The second-order valence-corrected chi connectivity index (χ2v) is 4.87. The van der Waals surface area contributed by atoms with Gasteiger partial charge in [-0.05, 0) is 31.5 Å². The first kappa shape index (κ1) is 13.6. The number of aliphatic hydroxyl groups is 1. The van der Waals surface area contributed by atoms with Gasteiger partial charge in [-0.25, -0.2) is 0 Å². The van der Waals surface area contributed by atoms with E-state index in [9.17, 15) is 5.11 Å². The van der Waals surface area contributed by atoms with Gasteiger partial charge in [-0.2, -0.15) is 5.10 Å². The molecule has 1 atom stereocenters. The van der Waals surface area contributed by atoms with E-state index in [4.69, 9.17) is 4.74 Å². The molecule has 1 aromatic heterocycles. The third kappa shape index (κ3) is 2.96. The van der Waals surface area contributed by atoms with Crippen molar-refractivity contribution in [2.45, 2.75) is 26.4 Å². The van der Waals surface area contributed by atoms with Gasteiger partial charge in [0.05, 0.1) is 24.6 Å². The zero-order valence-corrected chi connectivity index (χ0v) is 11.8. The van der Waals surface area contributed by atoms with Crippen LogP contribution in [-0.2, 0) is 13.5 Å². The van der Waals surface area contributed by atoms with Crippen molar-refractivity contribution in [3.63, 3.8) is 0 Å². The van der Waals surface area contributed by atoms with Crippen LogP contribution in [0.1, 0.15) is 28.6 Å². The van der Waals surface area contributed by atoms with Crippen molar-refractivity contribution in [3.8, 4) is 5.75 Å². The van der Waals surface area contributed by atoms with Crippen LogP contribution >= 0.6 is 0 Å². The SMILES string of the molecule is COc1ccc(C)cc1CC(O)c1cc(C)nn1C. The van der Waals surface area contributed by atoms with Gasteiger partial charge in [-0.3, -0.25) is 4.68 Å². The molecular weight excluding hydrogens is 240 g/mol. The molecular formula is C15H20N2O2. The number of aromatic nitrogens is 2. The molecule has 2 rings (SSSR count). The lowest BCUT2D eigenvalue weighted by atomic mass is 10.0. The maximum absolute atomic E-state index is 10.4. The zero-order chi connectivity index (χ0) is 14.0. The Hall–Kier alpha value is -1.81. The summed E-state index contributed by atoms with van der Waals surface area (Å²) in [4.78, 5) is 0. The Morgan fingerprint density at radius 3 is 2.63 bits per heavy atom. The molecule has 1 aromatic carbocycles. The Morgan fingerprint density at radius 1 is 1.32 bits per heavy atom. The lowest BCUT2D eigenvalue weighted by molar-refractivity contribution is 0.167. The van der Waals surface area contributed by atoms with Gasteiger partial charge < -0.3 is 9.84 Å². The summed E-state index contributed by atoms with van der Waals surface area (Å²) in [6, 6.07) is 7.90. The molecule has 0 aliphatic heterocycles. The molecule has 2 aromatic rings. The lowest BCUT2D eigenvalue weighted by Gasteiger charge is -2.14. The van der Waals surface area contributed by atoms with Gasteiger partial charge in [0, 0.05) is 13.5 Å². The van der Waals surface area contributed by atoms with Gasteiger partial charge in [0.25, 0.3) is 0 Å². The Kier molecular flexibility index (Phi) is 3.90. The predicted octanol–water partition coefficient (Wildman–Crippen LogP) is 2.32. The van der Waals surface area contributed by atoms with E-state index in [2.05, 4.69) is 5.10 Å². The van der Waals surface area contributed by atoms with Crippen molar-refractivity contribution in [2.75, 3.05) is 7.11 Å². The highest BCUT2D eigenvalue weighted by molar-refractivity contribution is 5.37. The number of methoxy groups -OCH3 is 1. The first-order valence-corrected chi connectivity index (χ1v) is 6.33. The number of hydrogen-bond donors (Lipinski definition) is 1. The zero-order valence-electron chi connectivity index (χ0n) is 11.8. The molecule has 0 aliphatic carbocycles. The number of rotatable bonds is 4. The van der Waals surface area contributed by atoms with Crippen LogP contribution in [0.5, 0.6) is 5.75 Å². The van der Waals surface area contributed by atoms with E-state index in [1.54, 1.807) is 11.8 Å². The van der Waals surface area contributed by atoms with Crippen molar-refractivity contribution in [1.82, 2.24) is 9.78 Å². The molecule has 4 nitrogen and oxygen atoms in total. The van der Waals surface area contributed by atoms with Gasteiger partial charge in [-0.1, -0.05) is 17.7 Å². The molecule has 0 bridgehead atoms. The highest BCUT2D eigenvalue weighted by Gasteiger charge is 2.16. The van der Waals surface area contributed by atoms with Crippen molar-refractivity contribution < 1.29 is 9.84 Å². The quantitative estimate of drug-likeness (QED) is 0.917. The highest BCUT2D eigenvalue weighted by Crippen LogP contribution is 2.26. The molecule has 102 valence electrons. The van der Waals surface area contributed by atoms with E-state index in [0.717, 1.165) is 28.3 Å². The molecule has 0 amide bonds. The molecule has 0 fully saturated rings. The van der Waals surface area contributed by atoms with Gasteiger partial charge >= 0.3 is 0 Å². The number of ether oxygens (including phenoxy) is 1. The summed E-state index contributed by atoms with van der Waals surface area (Å²) >= 11 is 0. The fourth-order valence-corrected chi connectivity index (χ4v) is 2.32. The second kappa shape index (κ2) is 5.45. The Balaban J connectivity index is 2.25. The minimum Gasteiger partial charge on any atom is -0.496 e. The van der Waals surface area contributed by atoms with E-state index in [1.807, 2.05) is 45.2 Å². The van der Waals surface area contributed by atoms with E-state index in [1.165, 1.54) is 0 Å². The summed E-state index contributed by atoms with van der Waals surface area (Å²) in [5, 5.41) is 14.6. The van der Waals surface area contributed by atoms with Crippen molar-refractivity contribution in [3.05, 3.63) is 46.8 Å². The normalized spacial score (nSPS) is 12.5. The average molecular weight is 260 g/mol. The molecule has 0 spiro atoms. The largest absolute Gasteiger partial charge is 0.496 e. The monoisotopic (exact) mass is 260 g/mol. The van der Waals surface area contributed by atoms with E-state index in [-0.39, 0.29) is 0 Å². The number of benzene rings is 1. The fourth-order valence-electron chi connectivity index (χ4n) is 2.32. The first-order chi connectivity index (χ1) is 9.01. The molecule has 0 aliphatic rings. The van der Waals surface area contributed by atoms with Crippen LogP contribution in [0.2, 0.25) is 0 Å². The minimum atomic E-state index is -0.582. The number of hydrogen-bond acceptors (Lipinski definition) is 3. The summed E-state index contributed by atoms with van der Waals surface area (Å²) in [5.41, 5.74) is 3.90. The van der Waals surface area contributed by atoms with Crippen molar-refractivity contribution in [2.24, 2.45) is 7.05 Å². The van der Waals surface area contributed by atoms with Crippen LogP contribution < -0.4 is 4.74 Å². The standard InChI is InChI=1S/C15H20N2O2/c1-10-5-6-15(19-4)12(7-10)9-14(18)13-8-11(2)16-17(13)3/h5-8,14,18H,9H2,1-4H3. The van der Waals surface area contributed by atoms with Gasteiger partial charge in [0.2, 0.25) is 0 Å². The van der Waals surface area contributed by atoms with Gasteiger partial charge in [0.15, 0.2) is 0 Å². The van der Waals surface area contributed by atoms with Crippen LogP contribution in [0.4, 0.5) is 0 Å². The molecule has 19 heavy (non-hydrogen) atoms. The highest BCUT2D eigenvalue weighted by atomic mass is 16.5.